The van der Waals surface area contributed by atoms with Crippen LogP contribution in [0.3, 0.4) is 0 Å². The third-order valence-electron chi connectivity index (χ3n) is 7.22. The van der Waals surface area contributed by atoms with Crippen molar-refractivity contribution in [3.8, 4) is 5.75 Å². The Hall–Kier alpha value is -3.49. The second kappa shape index (κ2) is 10.1. The second-order valence-corrected chi connectivity index (χ2v) is 10.5. The van der Waals surface area contributed by atoms with Crippen molar-refractivity contribution in [2.24, 2.45) is 5.16 Å². The molecule has 3 aromatic heterocycles. The van der Waals surface area contributed by atoms with Crippen molar-refractivity contribution >= 4 is 43.1 Å². The lowest BCUT2D eigenvalue weighted by Gasteiger charge is -2.26. The van der Waals surface area contributed by atoms with E-state index in [0.29, 0.717) is 46.0 Å². The van der Waals surface area contributed by atoms with Crippen LogP contribution in [0.25, 0.3) is 27.2 Å². The number of fused-ring (bicyclic) bond motifs is 2. The number of piperidine rings is 1. The van der Waals surface area contributed by atoms with Crippen molar-refractivity contribution in [1.82, 2.24) is 14.3 Å². The molecule has 0 aliphatic carbocycles. The van der Waals surface area contributed by atoms with Crippen molar-refractivity contribution in [3.05, 3.63) is 92.2 Å². The highest BCUT2D eigenvalue weighted by Gasteiger charge is 2.18. The molecule has 0 atom stereocenters. The first-order valence-electron chi connectivity index (χ1n) is 12.6. The minimum atomic E-state index is -0.0596. The molecule has 1 aliphatic heterocycles. The molecule has 0 saturated carbocycles. The van der Waals surface area contributed by atoms with Gasteiger partial charge in [-0.3, -0.25) is 14.7 Å². The molecular weight excluding hydrogens is 532 g/mol. The fourth-order valence-electron chi connectivity index (χ4n) is 5.43. The Bertz CT molecular complexity index is 1710. The van der Waals surface area contributed by atoms with Gasteiger partial charge in [0.05, 0.1) is 16.4 Å². The average Bonchev–Trinajstić information content (AvgIpc) is 2.92. The fourth-order valence-corrected chi connectivity index (χ4v) is 5.79. The summed E-state index contributed by atoms with van der Waals surface area (Å²) in [6, 6.07) is 13.4. The summed E-state index contributed by atoms with van der Waals surface area (Å²) in [5, 5.41) is 16.2. The van der Waals surface area contributed by atoms with Crippen molar-refractivity contribution < 1.29 is 9.94 Å². The van der Waals surface area contributed by atoms with Crippen LogP contribution in [0.2, 0.25) is 0 Å². The Labute approximate surface area is 222 Å². The van der Waals surface area contributed by atoms with Crippen LogP contribution in [0, 0.1) is 0 Å². The number of hydrogen-bond donors (Lipinski definition) is 1. The van der Waals surface area contributed by atoms with Gasteiger partial charge >= 0.3 is 0 Å². The lowest BCUT2D eigenvalue weighted by Crippen LogP contribution is -2.33. The van der Waals surface area contributed by atoms with Gasteiger partial charge in [0, 0.05) is 52.4 Å². The summed E-state index contributed by atoms with van der Waals surface area (Å²) in [4.78, 5) is 20.4. The van der Waals surface area contributed by atoms with E-state index in [9.17, 15) is 10.0 Å². The van der Waals surface area contributed by atoms with Gasteiger partial charge in [0.2, 0.25) is 0 Å². The normalized spacial score (nSPS) is 15.2. The van der Waals surface area contributed by atoms with Crippen LogP contribution in [0.5, 0.6) is 5.75 Å². The standard InChI is InChI=1S/C29H27BrN4O3/c30-21-6-7-26-23(14-21)27(32-36)24-15-22(37-12-11-33-9-2-1-3-10-33)16-25-28(24)34(26)18-20(29(25)35)13-19-5-4-8-31-17-19/h4-8,14-18,36H,1-3,9-13H2/b32-27+. The summed E-state index contributed by atoms with van der Waals surface area (Å²) in [5.74, 6) is 0.598. The Morgan fingerprint density at radius 1 is 1.05 bits per heavy atom. The molecule has 1 N–H and O–H groups in total. The molecule has 188 valence electrons. The topological polar surface area (TPSA) is 79.4 Å². The Morgan fingerprint density at radius 3 is 2.68 bits per heavy atom. The zero-order valence-corrected chi connectivity index (χ0v) is 21.9. The van der Waals surface area contributed by atoms with E-state index in [-0.39, 0.29) is 5.43 Å². The third-order valence-corrected chi connectivity index (χ3v) is 7.71. The van der Waals surface area contributed by atoms with Gasteiger partial charge in [-0.05, 0) is 67.9 Å². The van der Waals surface area contributed by atoms with Gasteiger partial charge in [0.25, 0.3) is 0 Å². The predicted octanol–water partition coefficient (Wildman–Crippen LogP) is 4.95. The molecule has 1 fully saturated rings. The highest BCUT2D eigenvalue weighted by molar-refractivity contribution is 9.10. The number of likely N-dealkylation sites (tertiary alicyclic amines) is 1. The molecule has 0 amide bonds. The van der Waals surface area contributed by atoms with E-state index >= 15 is 0 Å². The zero-order valence-electron chi connectivity index (χ0n) is 20.4. The first-order chi connectivity index (χ1) is 18.1. The molecule has 7 nitrogen and oxygen atoms in total. The van der Waals surface area contributed by atoms with Gasteiger partial charge in [-0.1, -0.05) is 33.6 Å². The van der Waals surface area contributed by atoms with E-state index in [4.69, 9.17) is 4.74 Å². The van der Waals surface area contributed by atoms with Gasteiger partial charge in [-0.15, -0.1) is 0 Å². The van der Waals surface area contributed by atoms with Crippen molar-refractivity contribution in [2.45, 2.75) is 25.7 Å². The zero-order chi connectivity index (χ0) is 25.4. The van der Waals surface area contributed by atoms with Gasteiger partial charge in [0.1, 0.15) is 17.7 Å². The predicted molar refractivity (Wildman–Crippen MR) is 148 cm³/mol. The smallest absolute Gasteiger partial charge is 0.193 e. The molecule has 5 aromatic rings. The van der Waals surface area contributed by atoms with E-state index in [1.807, 2.05) is 53.1 Å². The van der Waals surface area contributed by atoms with Gasteiger partial charge in [0.15, 0.2) is 5.43 Å². The first-order valence-corrected chi connectivity index (χ1v) is 13.4. The summed E-state index contributed by atoms with van der Waals surface area (Å²) in [5.41, 5.74) is 3.13. The van der Waals surface area contributed by atoms with E-state index in [1.165, 1.54) is 19.3 Å². The maximum absolute atomic E-state index is 13.8. The molecule has 0 unspecified atom stereocenters. The molecule has 8 heteroatoms. The Balaban J connectivity index is 1.54. The lowest BCUT2D eigenvalue weighted by atomic mass is 10.0. The second-order valence-electron chi connectivity index (χ2n) is 9.62. The molecule has 0 bridgehead atoms. The van der Waals surface area contributed by atoms with E-state index in [2.05, 4.69) is 31.0 Å². The van der Waals surface area contributed by atoms with E-state index in [0.717, 1.165) is 40.6 Å². The first kappa shape index (κ1) is 23.9. The van der Waals surface area contributed by atoms with Gasteiger partial charge < -0.3 is 14.3 Å². The molecule has 37 heavy (non-hydrogen) atoms. The molecule has 0 spiro atoms. The summed E-state index contributed by atoms with van der Waals surface area (Å²) in [6.45, 7) is 3.57. The van der Waals surface area contributed by atoms with Gasteiger partial charge in [-0.25, -0.2) is 0 Å². The Kier molecular flexibility index (Phi) is 6.52. The number of pyridine rings is 3. The molecule has 1 saturated heterocycles. The molecule has 2 aromatic carbocycles. The van der Waals surface area contributed by atoms with Crippen LogP contribution in [0.4, 0.5) is 0 Å². The van der Waals surface area contributed by atoms with Crippen molar-refractivity contribution in [1.29, 1.82) is 0 Å². The van der Waals surface area contributed by atoms with Crippen LogP contribution in [-0.4, -0.2) is 45.7 Å². The summed E-state index contributed by atoms with van der Waals surface area (Å²) >= 11 is 3.55. The van der Waals surface area contributed by atoms with Crippen LogP contribution >= 0.6 is 15.9 Å². The number of hydrogen-bond acceptors (Lipinski definition) is 6. The number of halogens is 1. The van der Waals surface area contributed by atoms with Crippen molar-refractivity contribution in [3.63, 3.8) is 0 Å². The Morgan fingerprint density at radius 2 is 1.89 bits per heavy atom. The largest absolute Gasteiger partial charge is 0.492 e. The number of benzene rings is 2. The quantitative estimate of drug-likeness (QED) is 0.138. The van der Waals surface area contributed by atoms with Crippen LogP contribution < -0.4 is 15.5 Å². The fraction of sp³-hybridized carbons (Fsp3) is 0.276. The lowest BCUT2D eigenvalue weighted by molar-refractivity contribution is 0.183. The van der Waals surface area contributed by atoms with Crippen LogP contribution in [0.1, 0.15) is 30.4 Å². The average molecular weight is 559 g/mol. The summed E-state index contributed by atoms with van der Waals surface area (Å²) in [6.07, 6.45) is 9.62. The highest BCUT2D eigenvalue weighted by atomic mass is 79.9. The van der Waals surface area contributed by atoms with E-state index in [1.54, 1.807) is 12.4 Å². The number of nitrogens with zero attached hydrogens (tertiary/aromatic N) is 4. The molecule has 1 aliphatic rings. The number of rotatable bonds is 6. The maximum Gasteiger partial charge on any atom is 0.193 e. The highest BCUT2D eigenvalue weighted by Crippen LogP contribution is 2.29. The van der Waals surface area contributed by atoms with E-state index < -0.39 is 0 Å². The molecule has 0 radical (unpaired) electrons. The minimum absolute atomic E-state index is 0.0596. The summed E-state index contributed by atoms with van der Waals surface area (Å²) in [7, 11) is 0. The monoisotopic (exact) mass is 558 g/mol. The van der Waals surface area contributed by atoms with Crippen molar-refractivity contribution in [2.75, 3.05) is 26.2 Å². The molecule has 4 heterocycles. The maximum atomic E-state index is 13.8. The molecular formula is C29H27BrN4O3. The van der Waals surface area contributed by atoms with Crippen LogP contribution in [0.15, 0.2) is 75.5 Å². The van der Waals surface area contributed by atoms with Crippen LogP contribution in [-0.2, 0) is 6.42 Å². The molecule has 6 rings (SSSR count). The summed E-state index contributed by atoms with van der Waals surface area (Å²) < 4.78 is 9.10. The SMILES string of the molecule is O=c1c(Cc2cccnc2)cn2c3ccc(Br)cc3/c(=N\O)c3cc(OCCN4CCCCC4)cc1c32. The third kappa shape index (κ3) is 4.55. The number of ether oxygens (including phenoxy) is 1. The minimum Gasteiger partial charge on any atom is -0.492 e. The number of aromatic nitrogens is 2. The van der Waals surface area contributed by atoms with Gasteiger partial charge in [-0.2, -0.15) is 0 Å².